The Hall–Kier alpha value is -1.39. The van der Waals surface area contributed by atoms with Crippen LogP contribution in [0.2, 0.25) is 0 Å². The molecule has 1 heterocycles. The first kappa shape index (κ1) is 13.1. The highest BCUT2D eigenvalue weighted by Gasteiger charge is 2.52. The molecule has 0 radical (unpaired) electrons. The molecule has 4 heteroatoms. The quantitative estimate of drug-likeness (QED) is 0.824. The van der Waals surface area contributed by atoms with Crippen molar-refractivity contribution in [2.75, 3.05) is 20.3 Å². The van der Waals surface area contributed by atoms with E-state index < -0.39 is 11.5 Å². The van der Waals surface area contributed by atoms with Gasteiger partial charge in [0.2, 0.25) is 0 Å². The molecule has 2 N–H and O–H groups in total. The molecule has 0 spiro atoms. The lowest BCUT2D eigenvalue weighted by Crippen LogP contribution is -2.56. The van der Waals surface area contributed by atoms with Crippen LogP contribution in [0.15, 0.2) is 18.2 Å². The maximum Gasteiger partial charge on any atom is 0.318 e. The second-order valence-electron chi connectivity index (χ2n) is 4.98. The van der Waals surface area contributed by atoms with Crippen molar-refractivity contribution in [1.29, 1.82) is 0 Å². The molecule has 0 aliphatic carbocycles. The average Bonchev–Trinajstić information content (AvgIpc) is 2.30. The molecule has 98 valence electrons. The monoisotopic (exact) mass is 249 g/mol. The van der Waals surface area contributed by atoms with Crippen molar-refractivity contribution in [3.8, 4) is 0 Å². The molecule has 1 saturated heterocycles. The standard InChI is InChI=1S/C14H19NO3/c1-9-4-5-10(2)11(6-9)12(15)14(7-18-8-14)13(16)17-3/h4-6,12H,7-8,15H2,1-3H3. The Morgan fingerprint density at radius 2 is 2.11 bits per heavy atom. The largest absolute Gasteiger partial charge is 0.468 e. The number of esters is 1. The molecular weight excluding hydrogens is 230 g/mol. The molecule has 0 bridgehead atoms. The third-order valence-corrected chi connectivity index (χ3v) is 3.68. The summed E-state index contributed by atoms with van der Waals surface area (Å²) < 4.78 is 10.1. The molecule has 4 nitrogen and oxygen atoms in total. The molecule has 1 aromatic carbocycles. The number of benzene rings is 1. The molecule has 2 rings (SSSR count). The van der Waals surface area contributed by atoms with E-state index in [-0.39, 0.29) is 5.97 Å². The van der Waals surface area contributed by atoms with Gasteiger partial charge in [-0.1, -0.05) is 23.8 Å². The van der Waals surface area contributed by atoms with Crippen molar-refractivity contribution in [3.05, 3.63) is 34.9 Å². The summed E-state index contributed by atoms with van der Waals surface area (Å²) in [6.45, 7) is 4.67. The molecule has 18 heavy (non-hydrogen) atoms. The van der Waals surface area contributed by atoms with Crippen molar-refractivity contribution in [2.45, 2.75) is 19.9 Å². The van der Waals surface area contributed by atoms with Crippen LogP contribution in [-0.4, -0.2) is 26.3 Å². The van der Waals surface area contributed by atoms with Crippen LogP contribution >= 0.6 is 0 Å². The highest BCUT2D eigenvalue weighted by atomic mass is 16.5. The van der Waals surface area contributed by atoms with Gasteiger partial charge in [-0.3, -0.25) is 4.79 Å². The topological polar surface area (TPSA) is 61.5 Å². The predicted molar refractivity (Wildman–Crippen MR) is 68.1 cm³/mol. The van der Waals surface area contributed by atoms with Crippen LogP contribution in [0, 0.1) is 19.3 Å². The summed E-state index contributed by atoms with van der Waals surface area (Å²) in [6, 6.07) is 5.70. The second kappa shape index (κ2) is 4.71. The van der Waals surface area contributed by atoms with Gasteiger partial charge in [0.25, 0.3) is 0 Å². The van der Waals surface area contributed by atoms with E-state index in [1.165, 1.54) is 7.11 Å². The predicted octanol–water partition coefficient (Wildman–Crippen LogP) is 1.49. The van der Waals surface area contributed by atoms with Gasteiger partial charge in [0.05, 0.1) is 26.4 Å². The number of carbonyl (C=O) groups excluding carboxylic acids is 1. The van der Waals surface area contributed by atoms with Gasteiger partial charge in [-0.15, -0.1) is 0 Å². The Kier molecular flexibility index (Phi) is 3.41. The van der Waals surface area contributed by atoms with Gasteiger partial charge in [0.1, 0.15) is 5.41 Å². The summed E-state index contributed by atoms with van der Waals surface area (Å²) in [6.07, 6.45) is 0. The molecule has 1 aromatic rings. The van der Waals surface area contributed by atoms with Crippen LogP contribution in [-0.2, 0) is 14.3 Å². The van der Waals surface area contributed by atoms with E-state index in [1.54, 1.807) is 0 Å². The number of hydrogen-bond donors (Lipinski definition) is 1. The van der Waals surface area contributed by atoms with E-state index in [2.05, 4.69) is 0 Å². The molecular formula is C14H19NO3. The highest BCUT2D eigenvalue weighted by molar-refractivity contribution is 5.79. The molecule has 1 unspecified atom stereocenters. The first-order valence-electron chi connectivity index (χ1n) is 6.00. The van der Waals surface area contributed by atoms with E-state index in [4.69, 9.17) is 15.2 Å². The van der Waals surface area contributed by atoms with Crippen molar-refractivity contribution in [3.63, 3.8) is 0 Å². The fourth-order valence-electron chi connectivity index (χ4n) is 2.34. The fourth-order valence-corrected chi connectivity index (χ4v) is 2.34. The van der Waals surface area contributed by atoms with Gasteiger partial charge in [0.15, 0.2) is 0 Å². The number of ether oxygens (including phenoxy) is 2. The molecule has 1 aliphatic rings. The van der Waals surface area contributed by atoms with Crippen LogP contribution in [0.3, 0.4) is 0 Å². The summed E-state index contributed by atoms with van der Waals surface area (Å²) in [4.78, 5) is 11.9. The normalized spacial score (nSPS) is 18.9. The van der Waals surface area contributed by atoms with Crippen LogP contribution in [0.1, 0.15) is 22.7 Å². The minimum atomic E-state index is -0.729. The summed E-state index contributed by atoms with van der Waals surface area (Å²) in [5.41, 5.74) is 8.78. The van der Waals surface area contributed by atoms with E-state index in [0.717, 1.165) is 16.7 Å². The zero-order chi connectivity index (χ0) is 13.3. The summed E-state index contributed by atoms with van der Waals surface area (Å²) in [5.74, 6) is -0.290. The van der Waals surface area contributed by atoms with Gasteiger partial charge < -0.3 is 15.2 Å². The number of carbonyl (C=O) groups is 1. The van der Waals surface area contributed by atoms with E-state index in [9.17, 15) is 4.79 Å². The number of rotatable bonds is 3. The smallest absolute Gasteiger partial charge is 0.318 e. The van der Waals surface area contributed by atoms with Gasteiger partial charge in [-0.2, -0.15) is 0 Å². The number of aryl methyl sites for hydroxylation is 2. The molecule has 1 atom stereocenters. The van der Waals surface area contributed by atoms with Gasteiger partial charge in [0, 0.05) is 0 Å². The Morgan fingerprint density at radius 3 is 2.61 bits per heavy atom. The lowest BCUT2D eigenvalue weighted by atomic mass is 9.74. The van der Waals surface area contributed by atoms with Gasteiger partial charge in [-0.25, -0.2) is 0 Å². The maximum absolute atomic E-state index is 11.9. The maximum atomic E-state index is 11.9. The number of nitrogens with two attached hydrogens (primary N) is 1. The lowest BCUT2D eigenvalue weighted by Gasteiger charge is -2.43. The van der Waals surface area contributed by atoms with Crippen molar-refractivity contribution >= 4 is 5.97 Å². The van der Waals surface area contributed by atoms with Crippen LogP contribution in [0.25, 0.3) is 0 Å². The Balaban J connectivity index is 2.37. The zero-order valence-corrected chi connectivity index (χ0v) is 11.0. The summed E-state index contributed by atoms with van der Waals surface area (Å²) in [7, 11) is 1.39. The van der Waals surface area contributed by atoms with Crippen LogP contribution in [0.4, 0.5) is 0 Å². The van der Waals surface area contributed by atoms with Crippen molar-refractivity contribution in [1.82, 2.24) is 0 Å². The number of hydrogen-bond acceptors (Lipinski definition) is 4. The first-order chi connectivity index (χ1) is 8.51. The third-order valence-electron chi connectivity index (χ3n) is 3.68. The highest BCUT2D eigenvalue weighted by Crippen LogP contribution is 2.41. The molecule has 0 amide bonds. The Morgan fingerprint density at radius 1 is 1.44 bits per heavy atom. The molecule has 0 aromatic heterocycles. The van der Waals surface area contributed by atoms with Gasteiger partial charge >= 0.3 is 5.97 Å². The first-order valence-corrected chi connectivity index (χ1v) is 6.00. The van der Waals surface area contributed by atoms with Crippen LogP contribution in [0.5, 0.6) is 0 Å². The Labute approximate surface area is 107 Å². The number of methoxy groups -OCH3 is 1. The third kappa shape index (κ3) is 1.91. The van der Waals surface area contributed by atoms with Crippen LogP contribution < -0.4 is 5.73 Å². The molecule has 1 fully saturated rings. The SMILES string of the molecule is COC(=O)C1(C(N)c2cc(C)ccc2C)COC1. The van der Waals surface area contributed by atoms with Crippen molar-refractivity contribution < 1.29 is 14.3 Å². The minimum Gasteiger partial charge on any atom is -0.468 e. The van der Waals surface area contributed by atoms with E-state index in [1.807, 2.05) is 32.0 Å². The minimum absolute atomic E-state index is 0.290. The van der Waals surface area contributed by atoms with Gasteiger partial charge in [-0.05, 0) is 25.0 Å². The second-order valence-corrected chi connectivity index (χ2v) is 4.98. The lowest BCUT2D eigenvalue weighted by molar-refractivity contribution is -0.188. The molecule has 1 aliphatic heterocycles. The Bertz CT molecular complexity index is 466. The summed E-state index contributed by atoms with van der Waals surface area (Å²) in [5, 5.41) is 0. The fraction of sp³-hybridized carbons (Fsp3) is 0.500. The average molecular weight is 249 g/mol. The van der Waals surface area contributed by atoms with E-state index in [0.29, 0.717) is 13.2 Å². The summed E-state index contributed by atoms with van der Waals surface area (Å²) >= 11 is 0. The zero-order valence-electron chi connectivity index (χ0n) is 11.0. The molecule has 0 saturated carbocycles. The van der Waals surface area contributed by atoms with Crippen molar-refractivity contribution in [2.24, 2.45) is 11.1 Å². The van der Waals surface area contributed by atoms with E-state index >= 15 is 0 Å².